The molecule has 0 atom stereocenters. The molecule has 0 bridgehead atoms. The van der Waals surface area contributed by atoms with Crippen molar-refractivity contribution in [1.29, 1.82) is 0 Å². The Morgan fingerprint density at radius 3 is 3.00 bits per heavy atom. The Morgan fingerprint density at radius 2 is 2.30 bits per heavy atom. The van der Waals surface area contributed by atoms with Crippen LogP contribution in [0, 0.1) is 5.92 Å². The smallest absolute Gasteiger partial charge is 0.229 e. The van der Waals surface area contributed by atoms with E-state index in [4.69, 9.17) is 4.74 Å². The van der Waals surface area contributed by atoms with Gasteiger partial charge in [0.25, 0.3) is 0 Å². The third-order valence-corrected chi connectivity index (χ3v) is 4.13. The van der Waals surface area contributed by atoms with Gasteiger partial charge >= 0.3 is 0 Å². The molecule has 1 aliphatic heterocycles. The average molecular weight is 292 g/mol. The summed E-state index contributed by atoms with van der Waals surface area (Å²) in [4.78, 5) is 20.8. The lowest BCUT2D eigenvalue weighted by Crippen LogP contribution is -2.28. The monoisotopic (exact) mass is 292 g/mol. The molecule has 3 heterocycles. The van der Waals surface area contributed by atoms with Gasteiger partial charge in [-0.05, 0) is 12.8 Å². The molecule has 2 aromatic rings. The normalized spacial score (nSPS) is 16.2. The van der Waals surface area contributed by atoms with E-state index in [1.807, 2.05) is 23.2 Å². The van der Waals surface area contributed by atoms with Crippen LogP contribution in [0.2, 0.25) is 0 Å². The van der Waals surface area contributed by atoms with Gasteiger partial charge in [0, 0.05) is 44.0 Å². The number of aromatic nitrogens is 3. The van der Waals surface area contributed by atoms with Gasteiger partial charge in [-0.2, -0.15) is 0 Å². The third-order valence-electron chi connectivity index (χ3n) is 3.38. The van der Waals surface area contributed by atoms with Gasteiger partial charge in [0.05, 0.1) is 0 Å². The number of ether oxygens (including phenoxy) is 1. The standard InChI is InChI=1S/C13H16N4O2S/c1-17-5-4-14-11(17)10-8-20-13(15-10)16-12(18)9-2-6-19-7-3-9/h4-5,8-9H,2-3,6-7H2,1H3,(H,15,16,18). The molecule has 0 saturated carbocycles. The summed E-state index contributed by atoms with van der Waals surface area (Å²) in [5.74, 6) is 0.867. The maximum atomic E-state index is 12.1. The Morgan fingerprint density at radius 1 is 1.50 bits per heavy atom. The maximum absolute atomic E-state index is 12.1. The Hall–Kier alpha value is -1.73. The van der Waals surface area contributed by atoms with E-state index >= 15 is 0 Å². The molecule has 1 aliphatic rings. The van der Waals surface area contributed by atoms with Crippen molar-refractivity contribution in [3.63, 3.8) is 0 Å². The zero-order valence-electron chi connectivity index (χ0n) is 11.2. The van der Waals surface area contributed by atoms with Crippen LogP contribution in [0.5, 0.6) is 0 Å². The molecule has 0 aliphatic carbocycles. The summed E-state index contributed by atoms with van der Waals surface area (Å²) >= 11 is 1.42. The lowest BCUT2D eigenvalue weighted by atomic mass is 10.00. The Labute approximate surface area is 120 Å². The predicted molar refractivity (Wildman–Crippen MR) is 76.5 cm³/mol. The van der Waals surface area contributed by atoms with E-state index in [9.17, 15) is 4.79 Å². The molecule has 2 aromatic heterocycles. The molecule has 6 nitrogen and oxygen atoms in total. The molecule has 0 radical (unpaired) electrons. The summed E-state index contributed by atoms with van der Waals surface area (Å²) in [5.41, 5.74) is 0.782. The summed E-state index contributed by atoms with van der Waals surface area (Å²) in [5, 5.41) is 5.42. The summed E-state index contributed by atoms with van der Waals surface area (Å²) in [7, 11) is 1.92. The number of nitrogens with one attached hydrogen (secondary N) is 1. The first kappa shape index (κ1) is 13.3. The Balaban J connectivity index is 1.68. The van der Waals surface area contributed by atoms with E-state index in [-0.39, 0.29) is 11.8 Å². The minimum Gasteiger partial charge on any atom is -0.381 e. The first-order chi connectivity index (χ1) is 9.74. The molecule has 1 amide bonds. The number of imidazole rings is 1. The van der Waals surface area contributed by atoms with Crippen molar-refractivity contribution in [1.82, 2.24) is 14.5 Å². The summed E-state index contributed by atoms with van der Waals surface area (Å²) in [6.45, 7) is 1.32. The minimum atomic E-state index is 0.0317. The van der Waals surface area contributed by atoms with Gasteiger partial charge in [-0.25, -0.2) is 9.97 Å². The molecule has 3 rings (SSSR count). The Kier molecular flexibility index (Phi) is 3.79. The summed E-state index contributed by atoms with van der Waals surface area (Å²) in [6, 6.07) is 0. The average Bonchev–Trinajstić information content (AvgIpc) is 3.08. The molecule has 0 aromatic carbocycles. The summed E-state index contributed by atoms with van der Waals surface area (Å²) in [6.07, 6.45) is 5.16. The molecule has 1 saturated heterocycles. The van der Waals surface area contributed by atoms with Crippen molar-refractivity contribution in [3.8, 4) is 11.5 Å². The van der Waals surface area contributed by atoms with Crippen molar-refractivity contribution in [2.24, 2.45) is 13.0 Å². The van der Waals surface area contributed by atoms with E-state index in [1.54, 1.807) is 6.20 Å². The fraction of sp³-hybridized carbons (Fsp3) is 0.462. The quantitative estimate of drug-likeness (QED) is 0.938. The zero-order valence-corrected chi connectivity index (χ0v) is 12.0. The lowest BCUT2D eigenvalue weighted by Gasteiger charge is -2.20. The summed E-state index contributed by atoms with van der Waals surface area (Å²) < 4.78 is 7.16. The number of anilines is 1. The Bertz CT molecular complexity index is 601. The number of hydrogen-bond acceptors (Lipinski definition) is 5. The van der Waals surface area contributed by atoms with Crippen LogP contribution in [-0.4, -0.2) is 33.7 Å². The second-order valence-corrected chi connectivity index (χ2v) is 5.63. The molecular weight excluding hydrogens is 276 g/mol. The SMILES string of the molecule is Cn1ccnc1-c1csc(NC(=O)C2CCOCC2)n1. The van der Waals surface area contributed by atoms with Crippen LogP contribution in [-0.2, 0) is 16.6 Å². The van der Waals surface area contributed by atoms with E-state index in [0.717, 1.165) is 24.4 Å². The fourth-order valence-corrected chi connectivity index (χ4v) is 2.91. The van der Waals surface area contributed by atoms with Gasteiger partial charge in [-0.3, -0.25) is 4.79 Å². The van der Waals surface area contributed by atoms with Crippen LogP contribution >= 0.6 is 11.3 Å². The van der Waals surface area contributed by atoms with Gasteiger partial charge in [0.1, 0.15) is 5.69 Å². The zero-order chi connectivity index (χ0) is 13.9. The van der Waals surface area contributed by atoms with Crippen LogP contribution < -0.4 is 5.32 Å². The topological polar surface area (TPSA) is 69.0 Å². The minimum absolute atomic E-state index is 0.0317. The molecule has 0 spiro atoms. The molecular formula is C13H16N4O2S. The number of nitrogens with zero attached hydrogens (tertiary/aromatic N) is 3. The molecule has 0 unspecified atom stereocenters. The predicted octanol–water partition coefficient (Wildman–Crippen LogP) is 1.91. The highest BCUT2D eigenvalue weighted by Crippen LogP contribution is 2.24. The molecule has 1 N–H and O–H groups in total. The number of amides is 1. The van der Waals surface area contributed by atoms with Crippen molar-refractivity contribution in [2.75, 3.05) is 18.5 Å². The molecule has 7 heteroatoms. The van der Waals surface area contributed by atoms with Crippen LogP contribution in [0.1, 0.15) is 12.8 Å². The third kappa shape index (κ3) is 2.73. The maximum Gasteiger partial charge on any atom is 0.229 e. The lowest BCUT2D eigenvalue weighted by molar-refractivity contribution is -0.122. The fourth-order valence-electron chi connectivity index (χ4n) is 2.21. The van der Waals surface area contributed by atoms with Crippen molar-refractivity contribution in [2.45, 2.75) is 12.8 Å². The van der Waals surface area contributed by atoms with Gasteiger partial charge < -0.3 is 14.6 Å². The van der Waals surface area contributed by atoms with Crippen LogP contribution in [0.3, 0.4) is 0 Å². The van der Waals surface area contributed by atoms with Gasteiger partial charge in [0.2, 0.25) is 5.91 Å². The van der Waals surface area contributed by atoms with Crippen LogP contribution in [0.15, 0.2) is 17.8 Å². The molecule has 20 heavy (non-hydrogen) atoms. The van der Waals surface area contributed by atoms with E-state index in [2.05, 4.69) is 15.3 Å². The number of carbonyl (C=O) groups excluding carboxylic acids is 1. The van der Waals surface area contributed by atoms with E-state index < -0.39 is 0 Å². The number of aryl methyl sites for hydroxylation is 1. The first-order valence-electron chi connectivity index (χ1n) is 6.56. The number of carbonyl (C=O) groups is 1. The van der Waals surface area contributed by atoms with Crippen molar-refractivity contribution < 1.29 is 9.53 Å². The van der Waals surface area contributed by atoms with Crippen LogP contribution in [0.25, 0.3) is 11.5 Å². The highest BCUT2D eigenvalue weighted by Gasteiger charge is 2.22. The van der Waals surface area contributed by atoms with E-state index in [1.165, 1.54) is 11.3 Å². The highest BCUT2D eigenvalue weighted by atomic mass is 32.1. The van der Waals surface area contributed by atoms with Gasteiger partial charge in [-0.15, -0.1) is 11.3 Å². The molecule has 106 valence electrons. The second kappa shape index (κ2) is 5.72. The largest absolute Gasteiger partial charge is 0.381 e. The van der Waals surface area contributed by atoms with Gasteiger partial charge in [-0.1, -0.05) is 0 Å². The van der Waals surface area contributed by atoms with Crippen molar-refractivity contribution >= 4 is 22.4 Å². The van der Waals surface area contributed by atoms with Crippen LogP contribution in [0.4, 0.5) is 5.13 Å². The number of hydrogen-bond donors (Lipinski definition) is 1. The highest BCUT2D eigenvalue weighted by molar-refractivity contribution is 7.14. The second-order valence-electron chi connectivity index (χ2n) is 4.78. The van der Waals surface area contributed by atoms with Gasteiger partial charge in [0.15, 0.2) is 11.0 Å². The number of rotatable bonds is 3. The molecule has 1 fully saturated rings. The number of thiazole rings is 1. The first-order valence-corrected chi connectivity index (χ1v) is 7.44. The van der Waals surface area contributed by atoms with E-state index in [0.29, 0.717) is 18.3 Å². The van der Waals surface area contributed by atoms with Crippen molar-refractivity contribution in [3.05, 3.63) is 17.8 Å².